The molecule has 5 nitrogen and oxygen atoms in total. The van der Waals surface area contributed by atoms with Crippen LogP contribution in [0.1, 0.15) is 28.9 Å². The topological polar surface area (TPSA) is 91.2 Å². The summed E-state index contributed by atoms with van der Waals surface area (Å²) in [5.41, 5.74) is 11.7. The summed E-state index contributed by atoms with van der Waals surface area (Å²) in [5, 5.41) is 0. The van der Waals surface area contributed by atoms with E-state index in [1.54, 1.807) is 6.07 Å². The Morgan fingerprint density at radius 3 is 2.87 bits per heavy atom. The molecule has 1 aliphatic rings. The normalized spacial score (nSPS) is 15.0. The van der Waals surface area contributed by atoms with Crippen molar-refractivity contribution in [1.82, 2.24) is 4.98 Å². The van der Waals surface area contributed by atoms with Gasteiger partial charge >= 0.3 is 0 Å². The number of hydrogen-bond donors (Lipinski definition) is 2. The van der Waals surface area contributed by atoms with Crippen LogP contribution in [0.15, 0.2) is 12.3 Å². The van der Waals surface area contributed by atoms with Gasteiger partial charge in [-0.05, 0) is 18.9 Å². The molecular formula is C10H13N3O2. The molecule has 1 aromatic heterocycles. The quantitative estimate of drug-likeness (QED) is 0.736. The van der Waals surface area contributed by atoms with Crippen LogP contribution in [-0.4, -0.2) is 17.0 Å². The molecule has 0 radical (unpaired) electrons. The number of carbonyl (C=O) groups excluding carboxylic acids is 1. The van der Waals surface area contributed by atoms with E-state index in [4.69, 9.17) is 16.2 Å². The van der Waals surface area contributed by atoms with Gasteiger partial charge in [-0.3, -0.25) is 9.78 Å². The Bertz CT molecular complexity index is 388. The summed E-state index contributed by atoms with van der Waals surface area (Å²) in [5.74, 6) is 0.0722. The van der Waals surface area contributed by atoms with Crippen molar-refractivity contribution < 1.29 is 9.53 Å². The molecule has 1 aliphatic carbocycles. The molecule has 1 amide bonds. The Labute approximate surface area is 87.4 Å². The van der Waals surface area contributed by atoms with Crippen molar-refractivity contribution in [3.05, 3.63) is 23.5 Å². The molecule has 0 saturated heterocycles. The first kappa shape index (κ1) is 9.92. The third kappa shape index (κ3) is 2.24. The monoisotopic (exact) mass is 207 g/mol. The van der Waals surface area contributed by atoms with Gasteiger partial charge in [-0.2, -0.15) is 0 Å². The van der Waals surface area contributed by atoms with Gasteiger partial charge in [-0.25, -0.2) is 0 Å². The maximum Gasteiger partial charge on any atom is 0.250 e. The van der Waals surface area contributed by atoms with Crippen molar-refractivity contribution in [2.75, 3.05) is 0 Å². The third-order valence-electron chi connectivity index (χ3n) is 2.23. The maximum atomic E-state index is 10.9. The van der Waals surface area contributed by atoms with Gasteiger partial charge in [0.25, 0.3) is 0 Å². The van der Waals surface area contributed by atoms with E-state index in [1.165, 1.54) is 6.20 Å². The van der Waals surface area contributed by atoms with Crippen LogP contribution in [0.2, 0.25) is 0 Å². The molecule has 0 aromatic carbocycles. The van der Waals surface area contributed by atoms with Gasteiger partial charge in [-0.1, -0.05) is 0 Å². The minimum absolute atomic E-state index is 0.250. The van der Waals surface area contributed by atoms with Crippen LogP contribution < -0.4 is 16.2 Å². The number of nitrogens with two attached hydrogens (primary N) is 2. The molecule has 4 N–H and O–H groups in total. The van der Waals surface area contributed by atoms with E-state index >= 15 is 0 Å². The molecule has 80 valence electrons. The van der Waals surface area contributed by atoms with Gasteiger partial charge in [-0.15, -0.1) is 0 Å². The number of nitrogens with zero attached hydrogens (tertiary/aromatic N) is 1. The number of amides is 1. The number of pyridine rings is 1. The summed E-state index contributed by atoms with van der Waals surface area (Å²) in [6.45, 7) is 0.293. The molecule has 2 rings (SSSR count). The Morgan fingerprint density at radius 2 is 2.33 bits per heavy atom. The summed E-state index contributed by atoms with van der Waals surface area (Å²) in [4.78, 5) is 15.0. The smallest absolute Gasteiger partial charge is 0.250 e. The second kappa shape index (κ2) is 3.86. The lowest BCUT2D eigenvalue weighted by Gasteiger charge is -2.09. The van der Waals surface area contributed by atoms with Crippen LogP contribution in [0.5, 0.6) is 5.75 Å². The highest BCUT2D eigenvalue weighted by molar-refractivity contribution is 5.92. The average molecular weight is 207 g/mol. The number of aromatic nitrogens is 1. The summed E-state index contributed by atoms with van der Waals surface area (Å²) in [6.07, 6.45) is 3.76. The number of carbonyl (C=O) groups is 1. The highest BCUT2D eigenvalue weighted by atomic mass is 16.5. The Balaban J connectivity index is 2.28. The fourth-order valence-corrected chi connectivity index (χ4v) is 1.23. The molecule has 1 saturated carbocycles. The number of rotatable bonds is 4. The van der Waals surface area contributed by atoms with Crippen molar-refractivity contribution in [1.29, 1.82) is 0 Å². The first-order chi connectivity index (χ1) is 7.20. The molecule has 0 spiro atoms. The second-order valence-corrected chi connectivity index (χ2v) is 3.55. The summed E-state index contributed by atoms with van der Waals surface area (Å²) < 4.78 is 5.59. The first-order valence-corrected chi connectivity index (χ1v) is 4.86. The van der Waals surface area contributed by atoms with Gasteiger partial charge in [0.05, 0.1) is 17.4 Å². The minimum atomic E-state index is -0.508. The Hall–Kier alpha value is -1.62. The zero-order valence-corrected chi connectivity index (χ0v) is 8.27. The molecular weight excluding hydrogens is 194 g/mol. The Morgan fingerprint density at radius 1 is 1.60 bits per heavy atom. The zero-order chi connectivity index (χ0) is 10.8. The lowest BCUT2D eigenvalue weighted by Crippen LogP contribution is -2.13. The van der Waals surface area contributed by atoms with Crippen LogP contribution in [0.3, 0.4) is 0 Å². The molecule has 1 heterocycles. The SMILES string of the molecule is NCc1ncc(C(N)=O)cc1OC1CC1. The van der Waals surface area contributed by atoms with Gasteiger partial charge in [0, 0.05) is 12.7 Å². The molecule has 1 aromatic rings. The standard InChI is InChI=1S/C10H13N3O2/c11-4-8-9(15-7-1-2-7)3-6(5-13-8)10(12)14/h3,5,7H,1-2,4,11H2,(H2,12,14). The third-order valence-corrected chi connectivity index (χ3v) is 2.23. The van der Waals surface area contributed by atoms with E-state index in [9.17, 15) is 4.79 Å². The van der Waals surface area contributed by atoms with Crippen LogP contribution >= 0.6 is 0 Å². The van der Waals surface area contributed by atoms with Crippen molar-refractivity contribution >= 4 is 5.91 Å². The highest BCUT2D eigenvalue weighted by Gasteiger charge is 2.25. The van der Waals surface area contributed by atoms with Crippen molar-refractivity contribution in [2.45, 2.75) is 25.5 Å². The lowest BCUT2D eigenvalue weighted by molar-refractivity contribution is 0.0999. The molecule has 0 aliphatic heterocycles. The van der Waals surface area contributed by atoms with E-state index in [2.05, 4.69) is 4.98 Å². The van der Waals surface area contributed by atoms with Gasteiger partial charge in [0.1, 0.15) is 5.75 Å². The van der Waals surface area contributed by atoms with Gasteiger partial charge < -0.3 is 16.2 Å². The number of hydrogen-bond acceptors (Lipinski definition) is 4. The van der Waals surface area contributed by atoms with Crippen LogP contribution in [0, 0.1) is 0 Å². The van der Waals surface area contributed by atoms with Crippen LogP contribution in [-0.2, 0) is 6.54 Å². The predicted molar refractivity (Wildman–Crippen MR) is 54.3 cm³/mol. The Kier molecular flexibility index (Phi) is 2.55. The zero-order valence-electron chi connectivity index (χ0n) is 8.27. The van der Waals surface area contributed by atoms with Crippen LogP contribution in [0.25, 0.3) is 0 Å². The van der Waals surface area contributed by atoms with E-state index in [-0.39, 0.29) is 6.10 Å². The second-order valence-electron chi connectivity index (χ2n) is 3.55. The fourth-order valence-electron chi connectivity index (χ4n) is 1.23. The summed E-state index contributed by atoms with van der Waals surface area (Å²) in [7, 11) is 0. The summed E-state index contributed by atoms with van der Waals surface area (Å²) >= 11 is 0. The number of ether oxygens (including phenoxy) is 1. The van der Waals surface area contributed by atoms with E-state index in [1.807, 2.05) is 0 Å². The van der Waals surface area contributed by atoms with Gasteiger partial charge in [0.2, 0.25) is 5.91 Å². The molecule has 5 heteroatoms. The first-order valence-electron chi connectivity index (χ1n) is 4.86. The summed E-state index contributed by atoms with van der Waals surface area (Å²) in [6, 6.07) is 1.61. The maximum absolute atomic E-state index is 10.9. The van der Waals surface area contributed by atoms with Crippen molar-refractivity contribution in [2.24, 2.45) is 11.5 Å². The molecule has 15 heavy (non-hydrogen) atoms. The molecule has 0 bridgehead atoms. The number of primary amides is 1. The van der Waals surface area contributed by atoms with Crippen molar-refractivity contribution in [3.8, 4) is 5.75 Å². The largest absolute Gasteiger partial charge is 0.488 e. The minimum Gasteiger partial charge on any atom is -0.488 e. The molecule has 0 atom stereocenters. The van der Waals surface area contributed by atoms with E-state index in [0.717, 1.165) is 12.8 Å². The molecule has 1 fully saturated rings. The van der Waals surface area contributed by atoms with Crippen molar-refractivity contribution in [3.63, 3.8) is 0 Å². The van der Waals surface area contributed by atoms with Gasteiger partial charge in [0.15, 0.2) is 0 Å². The molecule has 0 unspecified atom stereocenters. The highest BCUT2D eigenvalue weighted by Crippen LogP contribution is 2.28. The van der Waals surface area contributed by atoms with Crippen LogP contribution in [0.4, 0.5) is 0 Å². The lowest BCUT2D eigenvalue weighted by atomic mass is 10.2. The van der Waals surface area contributed by atoms with E-state index < -0.39 is 5.91 Å². The average Bonchev–Trinajstić information content (AvgIpc) is 3.01. The fraction of sp³-hybridized carbons (Fsp3) is 0.400. The van der Waals surface area contributed by atoms with E-state index in [0.29, 0.717) is 23.6 Å². The predicted octanol–water partition coefficient (Wildman–Crippen LogP) is 0.180.